The molecule has 4 rings (SSSR count). The molecule has 3 heterocycles. The van der Waals surface area contributed by atoms with Crippen molar-refractivity contribution in [3.63, 3.8) is 0 Å². The van der Waals surface area contributed by atoms with E-state index in [0.717, 1.165) is 33.8 Å². The van der Waals surface area contributed by atoms with E-state index < -0.39 is 10.0 Å². The van der Waals surface area contributed by atoms with Crippen LogP contribution in [0.3, 0.4) is 0 Å². The zero-order chi connectivity index (χ0) is 21.3. The number of sulfonamides is 1. The topological polar surface area (TPSA) is 79.3 Å². The zero-order valence-corrected chi connectivity index (χ0v) is 18.2. The third-order valence-corrected chi connectivity index (χ3v) is 7.62. The second kappa shape index (κ2) is 8.12. The fourth-order valence-electron chi connectivity index (χ4n) is 3.67. The summed E-state index contributed by atoms with van der Waals surface area (Å²) in [5.41, 5.74) is 4.55. The van der Waals surface area contributed by atoms with Gasteiger partial charge in [-0.15, -0.1) is 10.2 Å². The summed E-state index contributed by atoms with van der Waals surface area (Å²) in [7, 11) is -3.52. The number of hydrogen-bond donors (Lipinski definition) is 0. The van der Waals surface area contributed by atoms with Crippen molar-refractivity contribution in [2.75, 3.05) is 31.1 Å². The normalized spacial score (nSPS) is 15.4. The molecule has 3 aromatic rings. The average Bonchev–Trinajstić information content (AvgIpc) is 2.77. The maximum Gasteiger partial charge on any atom is 0.243 e. The standard InChI is InChI=1S/C22H25N5O2S/c1-16-13-18(3)21(14-17(16)2)30(28,29)27-11-9-26(10-12-27)22-7-6-20(24-25-22)19-5-4-8-23-15-19/h4-8,13-15H,9-12H2,1-3H3. The highest BCUT2D eigenvalue weighted by molar-refractivity contribution is 7.89. The molecule has 8 heteroatoms. The van der Waals surface area contributed by atoms with E-state index >= 15 is 0 Å². The smallest absolute Gasteiger partial charge is 0.243 e. The van der Waals surface area contributed by atoms with Crippen molar-refractivity contribution in [2.24, 2.45) is 0 Å². The number of anilines is 1. The molecule has 30 heavy (non-hydrogen) atoms. The molecule has 0 aliphatic carbocycles. The van der Waals surface area contributed by atoms with Gasteiger partial charge in [0, 0.05) is 44.1 Å². The SMILES string of the molecule is Cc1cc(C)c(S(=O)(=O)N2CCN(c3ccc(-c4cccnc4)nn3)CC2)cc1C. The predicted molar refractivity (Wildman–Crippen MR) is 117 cm³/mol. The summed E-state index contributed by atoms with van der Waals surface area (Å²) in [5, 5.41) is 8.65. The number of pyridine rings is 1. The van der Waals surface area contributed by atoms with Crippen LogP contribution in [0.4, 0.5) is 5.82 Å². The van der Waals surface area contributed by atoms with E-state index in [4.69, 9.17) is 0 Å². The summed E-state index contributed by atoms with van der Waals surface area (Å²) >= 11 is 0. The molecule has 1 aliphatic heterocycles. The lowest BCUT2D eigenvalue weighted by Crippen LogP contribution is -2.49. The van der Waals surface area contributed by atoms with Gasteiger partial charge in [-0.3, -0.25) is 4.98 Å². The van der Waals surface area contributed by atoms with Crippen LogP contribution in [0.15, 0.2) is 53.7 Å². The molecule has 0 radical (unpaired) electrons. The Morgan fingerprint density at radius 2 is 1.60 bits per heavy atom. The molecule has 1 fully saturated rings. The molecular weight excluding hydrogens is 398 g/mol. The summed E-state index contributed by atoms with van der Waals surface area (Å²) in [4.78, 5) is 6.58. The largest absolute Gasteiger partial charge is 0.352 e. The first kappa shape index (κ1) is 20.4. The maximum atomic E-state index is 13.2. The maximum absolute atomic E-state index is 13.2. The molecule has 156 valence electrons. The highest BCUT2D eigenvalue weighted by Crippen LogP contribution is 2.25. The number of rotatable bonds is 4. The summed E-state index contributed by atoms with van der Waals surface area (Å²) in [6.07, 6.45) is 3.47. The van der Waals surface area contributed by atoms with E-state index in [1.54, 1.807) is 22.8 Å². The van der Waals surface area contributed by atoms with E-state index in [9.17, 15) is 8.42 Å². The van der Waals surface area contributed by atoms with Gasteiger partial charge >= 0.3 is 0 Å². The molecule has 0 amide bonds. The molecule has 0 bridgehead atoms. The van der Waals surface area contributed by atoms with Gasteiger partial charge in [0.25, 0.3) is 0 Å². The lowest BCUT2D eigenvalue weighted by Gasteiger charge is -2.34. The Morgan fingerprint density at radius 1 is 0.867 bits per heavy atom. The van der Waals surface area contributed by atoms with Crippen LogP contribution in [0.2, 0.25) is 0 Å². The van der Waals surface area contributed by atoms with Crippen molar-refractivity contribution in [3.8, 4) is 11.3 Å². The summed E-state index contributed by atoms with van der Waals surface area (Å²) in [6.45, 7) is 7.78. The van der Waals surface area contributed by atoms with Gasteiger partial charge in [0.15, 0.2) is 5.82 Å². The monoisotopic (exact) mass is 423 g/mol. The molecule has 1 saturated heterocycles. The summed E-state index contributed by atoms with van der Waals surface area (Å²) in [6, 6.07) is 11.4. The molecule has 7 nitrogen and oxygen atoms in total. The Hall–Kier alpha value is -2.84. The van der Waals surface area contributed by atoms with Crippen LogP contribution in [0.1, 0.15) is 16.7 Å². The van der Waals surface area contributed by atoms with Gasteiger partial charge in [-0.25, -0.2) is 8.42 Å². The minimum absolute atomic E-state index is 0.402. The lowest BCUT2D eigenvalue weighted by molar-refractivity contribution is 0.383. The molecule has 2 aromatic heterocycles. The van der Waals surface area contributed by atoms with Crippen LogP contribution < -0.4 is 4.90 Å². The van der Waals surface area contributed by atoms with Crippen LogP contribution >= 0.6 is 0 Å². The summed E-state index contributed by atoms with van der Waals surface area (Å²) in [5.74, 6) is 0.752. The molecule has 1 aromatic carbocycles. The Bertz CT molecular complexity index is 1140. The molecular formula is C22H25N5O2S. The molecule has 0 saturated carbocycles. The Morgan fingerprint density at radius 3 is 2.23 bits per heavy atom. The van der Waals surface area contributed by atoms with Crippen LogP contribution in [0, 0.1) is 20.8 Å². The minimum Gasteiger partial charge on any atom is -0.352 e. The van der Waals surface area contributed by atoms with E-state index in [1.807, 2.05) is 51.1 Å². The van der Waals surface area contributed by atoms with E-state index in [-0.39, 0.29) is 0 Å². The fourth-order valence-corrected chi connectivity index (χ4v) is 5.38. The molecule has 0 atom stereocenters. The quantitative estimate of drug-likeness (QED) is 0.642. The molecule has 1 aliphatic rings. The van der Waals surface area contributed by atoms with Gasteiger partial charge in [0.05, 0.1) is 10.6 Å². The van der Waals surface area contributed by atoms with E-state index in [0.29, 0.717) is 31.1 Å². The number of piperazine rings is 1. The Balaban J connectivity index is 1.47. The third kappa shape index (κ3) is 3.93. The van der Waals surface area contributed by atoms with Crippen molar-refractivity contribution in [1.29, 1.82) is 0 Å². The minimum atomic E-state index is -3.52. The van der Waals surface area contributed by atoms with E-state index in [2.05, 4.69) is 20.1 Å². The van der Waals surface area contributed by atoms with E-state index in [1.165, 1.54) is 0 Å². The summed E-state index contributed by atoms with van der Waals surface area (Å²) < 4.78 is 27.9. The average molecular weight is 424 g/mol. The first-order valence-electron chi connectivity index (χ1n) is 9.93. The predicted octanol–water partition coefficient (Wildman–Crippen LogP) is 2.97. The van der Waals surface area contributed by atoms with Gasteiger partial charge < -0.3 is 4.90 Å². The van der Waals surface area contributed by atoms with Gasteiger partial charge in [0.2, 0.25) is 10.0 Å². The fraction of sp³-hybridized carbons (Fsp3) is 0.318. The second-order valence-corrected chi connectivity index (χ2v) is 9.52. The molecule has 0 unspecified atom stereocenters. The number of aryl methyl sites for hydroxylation is 3. The third-order valence-electron chi connectivity index (χ3n) is 5.58. The van der Waals surface area contributed by atoms with Crippen molar-refractivity contribution in [3.05, 3.63) is 65.5 Å². The van der Waals surface area contributed by atoms with Crippen LogP contribution in [0.5, 0.6) is 0 Å². The lowest BCUT2D eigenvalue weighted by atomic mass is 10.1. The Kier molecular flexibility index (Phi) is 5.53. The van der Waals surface area contributed by atoms with Crippen LogP contribution in [-0.2, 0) is 10.0 Å². The zero-order valence-electron chi connectivity index (χ0n) is 17.4. The van der Waals surface area contributed by atoms with Crippen molar-refractivity contribution < 1.29 is 8.42 Å². The number of nitrogens with zero attached hydrogens (tertiary/aromatic N) is 5. The highest BCUT2D eigenvalue weighted by atomic mass is 32.2. The van der Waals surface area contributed by atoms with Gasteiger partial charge in [-0.2, -0.15) is 4.31 Å². The molecule has 0 N–H and O–H groups in total. The first-order chi connectivity index (χ1) is 14.4. The highest BCUT2D eigenvalue weighted by Gasteiger charge is 2.30. The first-order valence-corrected chi connectivity index (χ1v) is 11.4. The van der Waals surface area contributed by atoms with Crippen LogP contribution in [-0.4, -0.2) is 54.1 Å². The van der Waals surface area contributed by atoms with Gasteiger partial charge in [0.1, 0.15) is 0 Å². The van der Waals surface area contributed by atoms with Gasteiger partial charge in [-0.1, -0.05) is 6.07 Å². The number of hydrogen-bond acceptors (Lipinski definition) is 6. The second-order valence-electron chi connectivity index (χ2n) is 7.61. The number of aromatic nitrogens is 3. The molecule has 0 spiro atoms. The van der Waals surface area contributed by atoms with Crippen LogP contribution in [0.25, 0.3) is 11.3 Å². The van der Waals surface area contributed by atoms with Crippen molar-refractivity contribution in [1.82, 2.24) is 19.5 Å². The Labute approximate surface area is 177 Å². The number of benzene rings is 1. The van der Waals surface area contributed by atoms with Crippen molar-refractivity contribution in [2.45, 2.75) is 25.7 Å². The van der Waals surface area contributed by atoms with Crippen molar-refractivity contribution >= 4 is 15.8 Å². The van der Waals surface area contributed by atoms with Gasteiger partial charge in [-0.05, 0) is 67.8 Å².